The van der Waals surface area contributed by atoms with Gasteiger partial charge in [0.1, 0.15) is 46.7 Å². The maximum Gasteiger partial charge on any atom is 0.270 e. The van der Waals surface area contributed by atoms with Crippen LogP contribution in [-0.4, -0.2) is 42.5 Å². The summed E-state index contributed by atoms with van der Waals surface area (Å²) in [6, 6.07) is 19.4. The number of hydrogen-bond donors (Lipinski definition) is 2. The molecule has 2 aromatic heterocycles. The number of ketones is 1. The number of oxime groups is 1. The number of amides is 1. The normalized spacial score (nSPS) is 12.6. The number of nitriles is 3. The monoisotopic (exact) mass is 497 g/mol. The lowest BCUT2D eigenvalue weighted by atomic mass is 10.1. The van der Waals surface area contributed by atoms with Crippen molar-refractivity contribution < 1.29 is 14.8 Å². The topological polar surface area (TPSA) is 216 Å². The van der Waals surface area contributed by atoms with Crippen LogP contribution in [-0.2, 0) is 0 Å². The fourth-order valence-electron chi connectivity index (χ4n) is 4.12. The molecule has 12 heteroatoms. The minimum atomic E-state index is -0.830. The van der Waals surface area contributed by atoms with E-state index in [-0.39, 0.29) is 45.7 Å². The van der Waals surface area contributed by atoms with E-state index < -0.39 is 5.91 Å². The fourth-order valence-corrected chi connectivity index (χ4v) is 4.12. The van der Waals surface area contributed by atoms with E-state index in [0.717, 1.165) is 0 Å². The molecule has 0 radical (unpaired) electrons. The van der Waals surface area contributed by atoms with Crippen LogP contribution >= 0.6 is 0 Å². The summed E-state index contributed by atoms with van der Waals surface area (Å²) in [5.74, 6) is -1.09. The highest BCUT2D eigenvalue weighted by molar-refractivity contribution is 6.23. The van der Waals surface area contributed by atoms with Gasteiger partial charge < -0.3 is 10.9 Å². The number of nitrogens with zero attached hydrogens (tertiary/aromatic N) is 8. The Hall–Kier alpha value is -6.32. The molecule has 0 unspecified atom stereocenters. The van der Waals surface area contributed by atoms with Crippen molar-refractivity contribution in [3.05, 3.63) is 93.8 Å². The van der Waals surface area contributed by atoms with Gasteiger partial charge in [0.15, 0.2) is 22.8 Å². The van der Waals surface area contributed by atoms with Crippen LogP contribution in [0.5, 0.6) is 0 Å². The van der Waals surface area contributed by atoms with Gasteiger partial charge >= 0.3 is 0 Å². The van der Waals surface area contributed by atoms with Crippen molar-refractivity contribution in [3.63, 3.8) is 0 Å². The number of primary amides is 1. The van der Waals surface area contributed by atoms with Crippen LogP contribution in [0.25, 0.3) is 22.5 Å². The molecule has 2 aromatic carbocycles. The molecule has 0 fully saturated rings. The first-order valence-corrected chi connectivity index (χ1v) is 10.7. The Morgan fingerprint density at radius 3 is 1.74 bits per heavy atom. The molecule has 12 nitrogen and oxygen atoms in total. The third kappa shape index (κ3) is 3.49. The standard InChI is InChI=1S/C13H7N5O2.C13H4N4O/c14-5-8-11(13(15)19)17-9-6-3-1-2-4-7(6)10(18-20)12(9)16-8;14-5-9-10(6-15)17-12-11(16-9)7-3-1-2-4-8(7)13(12)18/h1-4,20H,(H2,15,19);1-4H/b18-10+;. The number of aromatic nitrogens is 4. The molecular weight excluding hydrogens is 486 g/mol. The summed E-state index contributed by atoms with van der Waals surface area (Å²) >= 11 is 0. The summed E-state index contributed by atoms with van der Waals surface area (Å²) in [6.45, 7) is 0. The molecule has 2 aliphatic carbocycles. The Morgan fingerprint density at radius 2 is 1.18 bits per heavy atom. The van der Waals surface area contributed by atoms with Crippen molar-refractivity contribution in [2.24, 2.45) is 10.9 Å². The largest absolute Gasteiger partial charge is 0.410 e. The third-order valence-corrected chi connectivity index (χ3v) is 5.75. The van der Waals surface area contributed by atoms with Gasteiger partial charge in [0.25, 0.3) is 5.91 Å². The summed E-state index contributed by atoms with van der Waals surface area (Å²) < 4.78 is 0. The number of carbonyl (C=O) groups is 2. The Labute approximate surface area is 213 Å². The van der Waals surface area contributed by atoms with E-state index in [4.69, 9.17) is 26.7 Å². The minimum Gasteiger partial charge on any atom is -0.410 e. The Balaban J connectivity index is 0.000000156. The van der Waals surface area contributed by atoms with Crippen molar-refractivity contribution in [1.82, 2.24) is 19.9 Å². The summed E-state index contributed by atoms with van der Waals surface area (Å²) in [4.78, 5) is 39.6. The minimum absolute atomic E-state index is 0.0549. The highest BCUT2D eigenvalue weighted by Gasteiger charge is 2.32. The van der Waals surface area contributed by atoms with Crippen LogP contribution in [0, 0.1) is 34.0 Å². The molecule has 0 saturated carbocycles. The highest BCUT2D eigenvalue weighted by Crippen LogP contribution is 2.35. The number of fused-ring (bicyclic) bond motifs is 6. The van der Waals surface area contributed by atoms with E-state index in [2.05, 4.69) is 25.1 Å². The molecule has 6 rings (SSSR count). The molecule has 0 saturated heterocycles. The number of benzene rings is 2. The van der Waals surface area contributed by atoms with Gasteiger partial charge in [-0.15, -0.1) is 0 Å². The smallest absolute Gasteiger partial charge is 0.270 e. The average Bonchev–Trinajstić information content (AvgIpc) is 3.42. The quantitative estimate of drug-likeness (QED) is 0.249. The predicted octanol–water partition coefficient (Wildman–Crippen LogP) is 2.09. The zero-order valence-corrected chi connectivity index (χ0v) is 19.0. The molecule has 1 amide bonds. The second-order valence-electron chi connectivity index (χ2n) is 7.80. The van der Waals surface area contributed by atoms with Crippen LogP contribution in [0.15, 0.2) is 53.7 Å². The first-order chi connectivity index (χ1) is 18.4. The lowest BCUT2D eigenvalue weighted by molar-refractivity contribution is 0.0993. The maximum atomic E-state index is 12.1. The Morgan fingerprint density at radius 1 is 0.711 bits per heavy atom. The van der Waals surface area contributed by atoms with E-state index in [1.807, 2.05) is 6.07 Å². The Bertz CT molecular complexity index is 1870. The summed E-state index contributed by atoms with van der Waals surface area (Å²) in [6.07, 6.45) is 0. The SMILES string of the molecule is N#Cc1nc2c(nc1C#N)-c1ccccc1C2=O.N#Cc1nc2c(nc1C(N)=O)-c1ccccc1/C2=N\O. The van der Waals surface area contributed by atoms with Gasteiger partial charge in [-0.3, -0.25) is 9.59 Å². The van der Waals surface area contributed by atoms with Crippen molar-refractivity contribution in [2.45, 2.75) is 0 Å². The fraction of sp³-hybridized carbons (Fsp3) is 0. The first kappa shape index (κ1) is 23.4. The van der Waals surface area contributed by atoms with Crippen molar-refractivity contribution in [3.8, 4) is 40.7 Å². The highest BCUT2D eigenvalue weighted by atomic mass is 16.4. The molecule has 2 aliphatic rings. The second kappa shape index (κ2) is 9.04. The van der Waals surface area contributed by atoms with Crippen LogP contribution < -0.4 is 5.73 Å². The van der Waals surface area contributed by atoms with Gasteiger partial charge in [-0.05, 0) is 0 Å². The lowest BCUT2D eigenvalue weighted by Gasteiger charge is -2.02. The first-order valence-electron chi connectivity index (χ1n) is 10.7. The van der Waals surface area contributed by atoms with E-state index in [0.29, 0.717) is 33.6 Å². The van der Waals surface area contributed by atoms with Gasteiger partial charge in [0, 0.05) is 22.3 Å². The molecule has 3 N–H and O–H groups in total. The zero-order valence-electron chi connectivity index (χ0n) is 19.0. The van der Waals surface area contributed by atoms with Gasteiger partial charge in [-0.2, -0.15) is 15.8 Å². The molecular formula is C26H11N9O3. The Kier molecular flexibility index (Phi) is 5.57. The number of hydrogen-bond acceptors (Lipinski definition) is 11. The van der Waals surface area contributed by atoms with Crippen LogP contribution in [0.3, 0.4) is 0 Å². The number of carbonyl (C=O) groups excluding carboxylic acids is 2. The predicted molar refractivity (Wildman–Crippen MR) is 128 cm³/mol. The molecule has 0 spiro atoms. The molecule has 0 bridgehead atoms. The summed E-state index contributed by atoms with van der Waals surface area (Å²) in [5.41, 5.74) is 8.50. The van der Waals surface area contributed by atoms with E-state index >= 15 is 0 Å². The van der Waals surface area contributed by atoms with Gasteiger partial charge in [0.2, 0.25) is 5.78 Å². The summed E-state index contributed by atoms with van der Waals surface area (Å²) in [5, 5.41) is 39.1. The zero-order chi connectivity index (χ0) is 27.0. The van der Waals surface area contributed by atoms with Crippen molar-refractivity contribution in [2.75, 3.05) is 0 Å². The molecule has 4 aromatic rings. The lowest BCUT2D eigenvalue weighted by Crippen LogP contribution is -2.18. The molecule has 178 valence electrons. The van der Waals surface area contributed by atoms with Crippen molar-refractivity contribution in [1.29, 1.82) is 15.8 Å². The van der Waals surface area contributed by atoms with E-state index in [1.54, 1.807) is 60.7 Å². The van der Waals surface area contributed by atoms with Crippen molar-refractivity contribution >= 4 is 17.4 Å². The van der Waals surface area contributed by atoms with Crippen LogP contribution in [0.4, 0.5) is 0 Å². The average molecular weight is 497 g/mol. The molecule has 0 atom stereocenters. The molecule has 0 aliphatic heterocycles. The molecule has 2 heterocycles. The van der Waals surface area contributed by atoms with Crippen LogP contribution in [0.1, 0.15) is 54.9 Å². The van der Waals surface area contributed by atoms with Gasteiger partial charge in [-0.1, -0.05) is 53.7 Å². The number of rotatable bonds is 1. The van der Waals surface area contributed by atoms with E-state index in [9.17, 15) is 9.59 Å². The van der Waals surface area contributed by atoms with Gasteiger partial charge in [-0.25, -0.2) is 19.9 Å². The number of nitrogens with two attached hydrogens (primary N) is 1. The van der Waals surface area contributed by atoms with Gasteiger partial charge in [0.05, 0.1) is 0 Å². The molecule has 38 heavy (non-hydrogen) atoms. The third-order valence-electron chi connectivity index (χ3n) is 5.75. The second-order valence-corrected chi connectivity index (χ2v) is 7.80. The maximum absolute atomic E-state index is 12.1. The van der Waals surface area contributed by atoms with E-state index in [1.165, 1.54) is 0 Å². The van der Waals surface area contributed by atoms with Crippen LogP contribution in [0.2, 0.25) is 0 Å². The summed E-state index contributed by atoms with van der Waals surface area (Å²) in [7, 11) is 0.